The van der Waals surface area contributed by atoms with Crippen molar-refractivity contribution in [1.82, 2.24) is 9.55 Å². The first-order valence-corrected chi connectivity index (χ1v) is 11.6. The second kappa shape index (κ2) is 9.94. The lowest BCUT2D eigenvalue weighted by molar-refractivity contribution is -0.115. The van der Waals surface area contributed by atoms with E-state index >= 15 is 0 Å². The summed E-state index contributed by atoms with van der Waals surface area (Å²) in [5.41, 5.74) is 0.964. The number of methoxy groups -OCH3 is 1. The SMILES string of the molecule is COc1ccc(Cl)cc1NC(=O)[C@H](C)Sc1nc2ccccc2c(=O)n1C[C@H]1CCCO1. The monoisotopic (exact) mass is 473 g/mol. The molecule has 7 nitrogen and oxygen atoms in total. The third-order valence-electron chi connectivity index (χ3n) is 5.31. The lowest BCUT2D eigenvalue weighted by atomic mass is 10.2. The van der Waals surface area contributed by atoms with Crippen LogP contribution in [-0.2, 0) is 16.1 Å². The number of hydrogen-bond donors (Lipinski definition) is 1. The number of fused-ring (bicyclic) bond motifs is 1. The number of aromatic nitrogens is 2. The number of rotatable bonds is 7. The molecular formula is C23H24ClN3O4S. The molecule has 0 unspecified atom stereocenters. The molecule has 1 saturated heterocycles. The highest BCUT2D eigenvalue weighted by atomic mass is 35.5. The number of anilines is 1. The van der Waals surface area contributed by atoms with Crippen LogP contribution in [0, 0.1) is 0 Å². The van der Waals surface area contributed by atoms with E-state index in [1.54, 1.807) is 41.8 Å². The molecule has 2 aromatic carbocycles. The van der Waals surface area contributed by atoms with Crippen molar-refractivity contribution >= 4 is 45.9 Å². The third-order valence-corrected chi connectivity index (χ3v) is 6.63. The highest BCUT2D eigenvalue weighted by molar-refractivity contribution is 8.00. The lowest BCUT2D eigenvalue weighted by Gasteiger charge is -2.19. The van der Waals surface area contributed by atoms with Gasteiger partial charge in [0.15, 0.2) is 5.16 Å². The Morgan fingerprint density at radius 2 is 2.19 bits per heavy atom. The third kappa shape index (κ3) is 4.92. The predicted octanol–water partition coefficient (Wildman–Crippen LogP) is 4.36. The molecule has 2 heterocycles. The molecule has 0 saturated carbocycles. The molecular weight excluding hydrogens is 450 g/mol. The van der Waals surface area contributed by atoms with Gasteiger partial charge in [0.05, 0.1) is 41.6 Å². The van der Waals surface area contributed by atoms with Crippen LogP contribution < -0.4 is 15.6 Å². The number of nitrogens with one attached hydrogen (secondary N) is 1. The van der Waals surface area contributed by atoms with Crippen molar-refractivity contribution < 1.29 is 14.3 Å². The van der Waals surface area contributed by atoms with Crippen LogP contribution >= 0.6 is 23.4 Å². The van der Waals surface area contributed by atoms with Crippen molar-refractivity contribution in [3.05, 3.63) is 57.8 Å². The molecule has 1 aliphatic heterocycles. The summed E-state index contributed by atoms with van der Waals surface area (Å²) in [6.45, 7) is 2.88. The normalized spacial score (nSPS) is 16.8. The minimum atomic E-state index is -0.525. The number of carbonyl (C=O) groups is 1. The minimum Gasteiger partial charge on any atom is -0.495 e. The summed E-state index contributed by atoms with van der Waals surface area (Å²) in [6.07, 6.45) is 1.84. The average molecular weight is 474 g/mol. The average Bonchev–Trinajstić information content (AvgIpc) is 3.30. The number of hydrogen-bond acceptors (Lipinski definition) is 6. The second-order valence-electron chi connectivity index (χ2n) is 7.56. The van der Waals surface area contributed by atoms with E-state index in [1.807, 2.05) is 12.1 Å². The number of halogens is 1. The van der Waals surface area contributed by atoms with Gasteiger partial charge in [-0.15, -0.1) is 0 Å². The number of nitrogens with zero attached hydrogens (tertiary/aromatic N) is 2. The maximum Gasteiger partial charge on any atom is 0.262 e. The topological polar surface area (TPSA) is 82.5 Å². The van der Waals surface area contributed by atoms with Crippen molar-refractivity contribution in [2.45, 2.75) is 42.8 Å². The molecule has 0 bridgehead atoms. The highest BCUT2D eigenvalue weighted by Gasteiger charge is 2.23. The van der Waals surface area contributed by atoms with Gasteiger partial charge in [-0.05, 0) is 50.1 Å². The Labute approximate surface area is 195 Å². The van der Waals surface area contributed by atoms with Crippen LogP contribution in [0.1, 0.15) is 19.8 Å². The molecule has 1 fully saturated rings. The largest absolute Gasteiger partial charge is 0.495 e. The summed E-state index contributed by atoms with van der Waals surface area (Å²) in [5, 5.41) is 3.86. The number of benzene rings is 2. The van der Waals surface area contributed by atoms with Gasteiger partial charge < -0.3 is 14.8 Å². The summed E-state index contributed by atoms with van der Waals surface area (Å²) < 4.78 is 12.7. The minimum absolute atomic E-state index is 0.0325. The van der Waals surface area contributed by atoms with Gasteiger partial charge in [0.1, 0.15) is 5.75 Å². The van der Waals surface area contributed by atoms with Crippen LogP contribution in [0.15, 0.2) is 52.4 Å². The Morgan fingerprint density at radius 3 is 2.94 bits per heavy atom. The molecule has 0 radical (unpaired) electrons. The Morgan fingerprint density at radius 1 is 1.38 bits per heavy atom. The molecule has 2 atom stereocenters. The molecule has 0 spiro atoms. The Hall–Kier alpha value is -2.55. The Balaban J connectivity index is 1.61. The summed E-state index contributed by atoms with van der Waals surface area (Å²) in [5.74, 6) is 0.265. The molecule has 4 rings (SSSR count). The molecule has 1 aromatic heterocycles. The zero-order chi connectivity index (χ0) is 22.7. The number of carbonyl (C=O) groups excluding carboxylic acids is 1. The van der Waals surface area contributed by atoms with Gasteiger partial charge in [-0.1, -0.05) is 35.5 Å². The standard InChI is InChI=1S/C23H24ClN3O4S/c1-14(21(28)25-19-12-15(24)9-10-20(19)30-2)32-23-26-18-8-4-3-7-17(18)22(29)27(23)13-16-6-5-11-31-16/h3-4,7-10,12,14,16H,5-6,11,13H2,1-2H3,(H,25,28)/t14-,16+/m0/s1. The second-order valence-corrected chi connectivity index (χ2v) is 9.30. The van der Waals surface area contributed by atoms with Crippen molar-refractivity contribution in [1.29, 1.82) is 0 Å². The van der Waals surface area contributed by atoms with Crippen LogP contribution in [0.2, 0.25) is 5.02 Å². The van der Waals surface area contributed by atoms with Gasteiger partial charge in [0.25, 0.3) is 5.56 Å². The summed E-state index contributed by atoms with van der Waals surface area (Å²) >= 11 is 7.31. The van der Waals surface area contributed by atoms with E-state index in [0.717, 1.165) is 12.8 Å². The van der Waals surface area contributed by atoms with Gasteiger partial charge in [-0.3, -0.25) is 14.2 Å². The van der Waals surface area contributed by atoms with Gasteiger partial charge >= 0.3 is 0 Å². The molecule has 1 N–H and O–H groups in total. The van der Waals surface area contributed by atoms with E-state index in [4.69, 9.17) is 26.1 Å². The molecule has 32 heavy (non-hydrogen) atoms. The smallest absolute Gasteiger partial charge is 0.262 e. The number of para-hydroxylation sites is 1. The van der Waals surface area contributed by atoms with Crippen LogP contribution in [0.3, 0.4) is 0 Å². The van der Waals surface area contributed by atoms with Crippen molar-refractivity contribution in [2.75, 3.05) is 19.0 Å². The van der Waals surface area contributed by atoms with Crippen LogP contribution in [0.25, 0.3) is 10.9 Å². The maximum absolute atomic E-state index is 13.2. The van der Waals surface area contributed by atoms with Crippen molar-refractivity contribution in [3.8, 4) is 5.75 Å². The van der Waals surface area contributed by atoms with E-state index in [9.17, 15) is 9.59 Å². The maximum atomic E-state index is 13.2. The summed E-state index contributed by atoms with van der Waals surface area (Å²) in [7, 11) is 1.53. The van der Waals surface area contributed by atoms with Gasteiger partial charge in [0, 0.05) is 11.6 Å². The van der Waals surface area contributed by atoms with E-state index in [-0.39, 0.29) is 17.6 Å². The Bertz CT molecular complexity index is 1190. The lowest BCUT2D eigenvalue weighted by Crippen LogP contribution is -2.30. The van der Waals surface area contributed by atoms with Crippen molar-refractivity contribution in [2.24, 2.45) is 0 Å². The number of ether oxygens (including phenoxy) is 2. The summed E-state index contributed by atoms with van der Waals surface area (Å²) in [4.78, 5) is 30.9. The van der Waals surface area contributed by atoms with E-state index < -0.39 is 5.25 Å². The molecule has 1 aliphatic rings. The Kier molecular flexibility index (Phi) is 7.03. The van der Waals surface area contributed by atoms with Crippen LogP contribution in [0.5, 0.6) is 5.75 Å². The molecule has 0 aliphatic carbocycles. The fraction of sp³-hybridized carbons (Fsp3) is 0.348. The predicted molar refractivity (Wildman–Crippen MR) is 127 cm³/mol. The zero-order valence-corrected chi connectivity index (χ0v) is 19.4. The fourth-order valence-corrected chi connectivity index (χ4v) is 4.70. The van der Waals surface area contributed by atoms with Gasteiger partial charge in [-0.25, -0.2) is 4.98 Å². The van der Waals surface area contributed by atoms with Crippen LogP contribution in [-0.4, -0.2) is 40.5 Å². The summed E-state index contributed by atoms with van der Waals surface area (Å²) in [6, 6.07) is 12.3. The first kappa shape index (κ1) is 22.6. The zero-order valence-electron chi connectivity index (χ0n) is 17.8. The fourth-order valence-electron chi connectivity index (χ4n) is 3.61. The molecule has 168 valence electrons. The molecule has 9 heteroatoms. The van der Waals surface area contributed by atoms with E-state index in [2.05, 4.69) is 5.32 Å². The van der Waals surface area contributed by atoms with Gasteiger partial charge in [-0.2, -0.15) is 0 Å². The van der Waals surface area contributed by atoms with Gasteiger partial charge in [0.2, 0.25) is 5.91 Å². The molecule has 3 aromatic rings. The van der Waals surface area contributed by atoms with Crippen LogP contribution in [0.4, 0.5) is 5.69 Å². The first-order chi connectivity index (χ1) is 15.5. The quantitative estimate of drug-likeness (QED) is 0.405. The number of thioether (sulfide) groups is 1. The van der Waals surface area contributed by atoms with E-state index in [1.165, 1.54) is 18.9 Å². The number of amides is 1. The van der Waals surface area contributed by atoms with E-state index in [0.29, 0.717) is 45.7 Å². The van der Waals surface area contributed by atoms with Crippen molar-refractivity contribution in [3.63, 3.8) is 0 Å². The molecule has 1 amide bonds. The first-order valence-electron chi connectivity index (χ1n) is 10.4. The highest BCUT2D eigenvalue weighted by Crippen LogP contribution is 2.30.